The van der Waals surface area contributed by atoms with Gasteiger partial charge in [0, 0.05) is 25.8 Å². The highest BCUT2D eigenvalue weighted by atomic mass is 32.2. The Morgan fingerprint density at radius 1 is 1.00 bits per heavy atom. The largest absolute Gasteiger partial charge is 0.381 e. The van der Waals surface area contributed by atoms with Crippen LogP contribution in [-0.2, 0) is 19.5 Å². The third-order valence-electron chi connectivity index (χ3n) is 4.97. The molecule has 2 heterocycles. The van der Waals surface area contributed by atoms with Gasteiger partial charge in [0.05, 0.1) is 18.5 Å². The van der Waals surface area contributed by atoms with Crippen LogP contribution in [0, 0.1) is 5.92 Å². The fraction of sp³-hybridized carbons (Fsp3) is 1.00. The molecule has 1 aliphatic carbocycles. The van der Waals surface area contributed by atoms with Crippen LogP contribution in [0.1, 0.15) is 44.9 Å². The highest BCUT2D eigenvalue weighted by Gasteiger charge is 2.36. The van der Waals surface area contributed by atoms with E-state index in [-0.39, 0.29) is 23.8 Å². The van der Waals surface area contributed by atoms with Gasteiger partial charge < -0.3 is 9.47 Å². The lowest BCUT2D eigenvalue weighted by Gasteiger charge is -2.31. The molecule has 0 N–H and O–H groups in total. The molecule has 3 rings (SSSR count). The van der Waals surface area contributed by atoms with Gasteiger partial charge in [-0.2, -0.15) is 4.31 Å². The zero-order valence-corrected chi connectivity index (χ0v) is 13.5. The molecule has 3 aliphatic rings. The van der Waals surface area contributed by atoms with Crippen molar-refractivity contribution < 1.29 is 17.9 Å². The van der Waals surface area contributed by atoms with Crippen LogP contribution in [0.5, 0.6) is 0 Å². The highest BCUT2D eigenvalue weighted by molar-refractivity contribution is 7.89. The SMILES string of the molecule is O=S(=O)(CC1CCOC1)N(CC1CCCO1)C1CCCC1. The molecule has 0 amide bonds. The molecule has 0 spiro atoms. The van der Waals surface area contributed by atoms with Crippen LogP contribution in [0.4, 0.5) is 0 Å². The van der Waals surface area contributed by atoms with Crippen LogP contribution in [0.15, 0.2) is 0 Å². The zero-order chi connectivity index (χ0) is 14.7. The predicted octanol–water partition coefficient (Wildman–Crippen LogP) is 1.78. The molecule has 2 unspecified atom stereocenters. The molecule has 0 aromatic heterocycles. The van der Waals surface area contributed by atoms with E-state index < -0.39 is 10.0 Å². The van der Waals surface area contributed by atoms with E-state index in [1.54, 1.807) is 4.31 Å². The van der Waals surface area contributed by atoms with Crippen LogP contribution in [0.3, 0.4) is 0 Å². The number of hydrogen-bond acceptors (Lipinski definition) is 4. The Hall–Kier alpha value is -0.170. The van der Waals surface area contributed by atoms with Crippen molar-refractivity contribution in [2.24, 2.45) is 5.92 Å². The summed E-state index contributed by atoms with van der Waals surface area (Å²) in [5, 5.41) is 0. The van der Waals surface area contributed by atoms with Gasteiger partial charge in [-0.3, -0.25) is 0 Å². The number of rotatable bonds is 6. The minimum atomic E-state index is -3.20. The van der Waals surface area contributed by atoms with Gasteiger partial charge in [-0.25, -0.2) is 8.42 Å². The second-order valence-electron chi connectivity index (χ2n) is 6.65. The van der Waals surface area contributed by atoms with Gasteiger partial charge in [-0.05, 0) is 38.0 Å². The summed E-state index contributed by atoms with van der Waals surface area (Å²) < 4.78 is 38.5. The second-order valence-corrected chi connectivity index (χ2v) is 8.62. The highest BCUT2D eigenvalue weighted by Crippen LogP contribution is 2.29. The number of ether oxygens (including phenoxy) is 2. The summed E-state index contributed by atoms with van der Waals surface area (Å²) in [5.41, 5.74) is 0. The summed E-state index contributed by atoms with van der Waals surface area (Å²) in [6.07, 6.45) is 7.33. The summed E-state index contributed by atoms with van der Waals surface area (Å²) in [6.45, 7) is 2.63. The molecule has 21 heavy (non-hydrogen) atoms. The average Bonchev–Trinajstić information content (AvgIpc) is 3.19. The molecule has 2 aliphatic heterocycles. The van der Waals surface area contributed by atoms with E-state index in [0.29, 0.717) is 19.8 Å². The topological polar surface area (TPSA) is 55.8 Å². The molecule has 0 bridgehead atoms. The normalized spacial score (nSPS) is 31.5. The molecule has 0 radical (unpaired) electrons. The Morgan fingerprint density at radius 3 is 2.43 bits per heavy atom. The average molecular weight is 317 g/mol. The molecular formula is C15H27NO4S. The number of hydrogen-bond donors (Lipinski definition) is 0. The van der Waals surface area contributed by atoms with Crippen molar-refractivity contribution >= 4 is 10.0 Å². The lowest BCUT2D eigenvalue weighted by atomic mass is 10.2. The Kier molecular flexibility index (Phi) is 5.19. The Bertz CT molecular complexity index is 421. The summed E-state index contributed by atoms with van der Waals surface area (Å²) in [4.78, 5) is 0. The first-order valence-electron chi connectivity index (χ1n) is 8.34. The van der Waals surface area contributed by atoms with Crippen molar-refractivity contribution in [3.05, 3.63) is 0 Å². The van der Waals surface area contributed by atoms with Crippen molar-refractivity contribution in [2.45, 2.75) is 57.1 Å². The molecule has 0 aromatic carbocycles. The van der Waals surface area contributed by atoms with Crippen LogP contribution in [0.25, 0.3) is 0 Å². The maximum Gasteiger partial charge on any atom is 0.214 e. The van der Waals surface area contributed by atoms with E-state index in [2.05, 4.69) is 0 Å². The van der Waals surface area contributed by atoms with E-state index in [0.717, 1.165) is 51.6 Å². The monoisotopic (exact) mass is 317 g/mol. The van der Waals surface area contributed by atoms with Crippen molar-refractivity contribution in [1.82, 2.24) is 4.31 Å². The van der Waals surface area contributed by atoms with E-state index >= 15 is 0 Å². The van der Waals surface area contributed by atoms with Gasteiger partial charge in [0.2, 0.25) is 10.0 Å². The molecule has 122 valence electrons. The maximum absolute atomic E-state index is 12.9. The lowest BCUT2D eigenvalue weighted by Crippen LogP contribution is -2.45. The van der Waals surface area contributed by atoms with Gasteiger partial charge in [0.1, 0.15) is 0 Å². The van der Waals surface area contributed by atoms with Crippen LogP contribution in [-0.4, -0.2) is 57.0 Å². The van der Waals surface area contributed by atoms with Gasteiger partial charge in [-0.1, -0.05) is 12.8 Å². The first kappa shape index (κ1) is 15.7. The molecule has 3 fully saturated rings. The van der Waals surface area contributed by atoms with Crippen LogP contribution >= 0.6 is 0 Å². The first-order valence-corrected chi connectivity index (χ1v) is 9.95. The Morgan fingerprint density at radius 2 is 1.81 bits per heavy atom. The van der Waals surface area contributed by atoms with Gasteiger partial charge in [0.25, 0.3) is 0 Å². The molecule has 6 heteroatoms. The van der Waals surface area contributed by atoms with Crippen LogP contribution in [0.2, 0.25) is 0 Å². The quantitative estimate of drug-likeness (QED) is 0.749. The molecule has 2 atom stereocenters. The van der Waals surface area contributed by atoms with Crippen LogP contribution < -0.4 is 0 Å². The molecular weight excluding hydrogens is 290 g/mol. The summed E-state index contributed by atoms with van der Waals surface area (Å²) in [6, 6.07) is 0.196. The fourth-order valence-corrected chi connectivity index (χ4v) is 5.89. The maximum atomic E-state index is 12.9. The zero-order valence-electron chi connectivity index (χ0n) is 12.7. The Labute approximate surface area is 128 Å². The van der Waals surface area contributed by atoms with Crippen molar-refractivity contribution in [1.29, 1.82) is 0 Å². The van der Waals surface area contributed by atoms with Crippen molar-refractivity contribution in [3.63, 3.8) is 0 Å². The van der Waals surface area contributed by atoms with E-state index in [1.165, 1.54) is 0 Å². The van der Waals surface area contributed by atoms with E-state index in [1.807, 2.05) is 0 Å². The van der Waals surface area contributed by atoms with E-state index in [9.17, 15) is 8.42 Å². The van der Waals surface area contributed by atoms with Gasteiger partial charge >= 0.3 is 0 Å². The first-order chi connectivity index (χ1) is 10.1. The molecule has 0 aromatic rings. The fourth-order valence-electron chi connectivity index (χ4n) is 3.78. The molecule has 1 saturated carbocycles. The number of nitrogens with zero attached hydrogens (tertiary/aromatic N) is 1. The molecule has 5 nitrogen and oxygen atoms in total. The second kappa shape index (κ2) is 6.94. The van der Waals surface area contributed by atoms with Crippen molar-refractivity contribution in [3.8, 4) is 0 Å². The lowest BCUT2D eigenvalue weighted by molar-refractivity contribution is 0.0859. The van der Waals surface area contributed by atoms with Gasteiger partial charge in [-0.15, -0.1) is 0 Å². The minimum Gasteiger partial charge on any atom is -0.381 e. The third-order valence-corrected chi connectivity index (χ3v) is 7.02. The third kappa shape index (κ3) is 3.97. The standard InChI is InChI=1S/C15H27NO4S/c17-21(18,12-13-7-9-19-11-13)16(14-4-1-2-5-14)10-15-6-3-8-20-15/h13-15H,1-12H2. The molecule has 2 saturated heterocycles. The minimum absolute atomic E-state index is 0.0974. The smallest absolute Gasteiger partial charge is 0.214 e. The Balaban J connectivity index is 1.69. The van der Waals surface area contributed by atoms with Gasteiger partial charge in [0.15, 0.2) is 0 Å². The van der Waals surface area contributed by atoms with E-state index in [4.69, 9.17) is 9.47 Å². The summed E-state index contributed by atoms with van der Waals surface area (Å²) in [5.74, 6) is 0.416. The predicted molar refractivity (Wildman–Crippen MR) is 80.6 cm³/mol. The van der Waals surface area contributed by atoms with Crippen molar-refractivity contribution in [2.75, 3.05) is 32.1 Å². The summed E-state index contributed by atoms with van der Waals surface area (Å²) >= 11 is 0. The summed E-state index contributed by atoms with van der Waals surface area (Å²) in [7, 11) is -3.20. The number of sulfonamides is 1.